The number of nitrogens with zero attached hydrogens (tertiary/aromatic N) is 2. The number of halogens is 1. The summed E-state index contributed by atoms with van der Waals surface area (Å²) < 4.78 is 24.2. The zero-order valence-electron chi connectivity index (χ0n) is 16.5. The van der Waals surface area contributed by atoms with E-state index >= 15 is 0 Å². The first kappa shape index (κ1) is 20.5. The highest BCUT2D eigenvalue weighted by molar-refractivity contribution is 5.91. The molecule has 29 heavy (non-hydrogen) atoms. The molecule has 0 atom stereocenters. The number of carbonyl (C=O) groups is 1. The van der Waals surface area contributed by atoms with Crippen molar-refractivity contribution in [2.75, 3.05) is 13.7 Å². The van der Waals surface area contributed by atoms with Crippen LogP contribution >= 0.6 is 0 Å². The number of rotatable bonds is 9. The van der Waals surface area contributed by atoms with E-state index < -0.39 is 0 Å². The Labute approximate surface area is 169 Å². The number of para-hydroxylation sites is 1. The third-order valence-electron chi connectivity index (χ3n) is 4.39. The van der Waals surface area contributed by atoms with Crippen LogP contribution in [0, 0.1) is 5.82 Å². The van der Waals surface area contributed by atoms with Gasteiger partial charge in [0.1, 0.15) is 17.8 Å². The second-order valence-corrected chi connectivity index (χ2v) is 6.57. The fourth-order valence-electron chi connectivity index (χ4n) is 3.02. The molecule has 1 heterocycles. The van der Waals surface area contributed by atoms with Gasteiger partial charge >= 0.3 is 0 Å². The van der Waals surface area contributed by atoms with E-state index in [0.717, 1.165) is 16.9 Å². The Morgan fingerprint density at radius 1 is 1.14 bits per heavy atom. The lowest BCUT2D eigenvalue weighted by atomic mass is 10.1. The van der Waals surface area contributed by atoms with Gasteiger partial charge in [-0.15, -0.1) is 0 Å². The molecule has 152 valence electrons. The topological polar surface area (TPSA) is 67.6 Å². The summed E-state index contributed by atoms with van der Waals surface area (Å²) in [7, 11) is 1.63. The molecule has 0 saturated heterocycles. The smallest absolute Gasteiger partial charge is 0.273 e. The highest BCUT2D eigenvalue weighted by Crippen LogP contribution is 2.22. The second-order valence-electron chi connectivity index (χ2n) is 6.57. The molecular weight excluding hydrogens is 373 g/mol. The SMILES string of the molecule is CCNC(=O)c1coc(CN(Cc2ccc(F)cc2)Cc2ccccc2OC)n1. The Morgan fingerprint density at radius 2 is 1.90 bits per heavy atom. The number of aromatic nitrogens is 1. The van der Waals surface area contributed by atoms with Crippen LogP contribution in [0.4, 0.5) is 4.39 Å². The van der Waals surface area contributed by atoms with E-state index in [1.807, 2.05) is 31.2 Å². The molecule has 1 aromatic heterocycles. The van der Waals surface area contributed by atoms with Gasteiger partial charge in [-0.3, -0.25) is 9.69 Å². The van der Waals surface area contributed by atoms with Crippen molar-refractivity contribution in [1.82, 2.24) is 15.2 Å². The maximum Gasteiger partial charge on any atom is 0.273 e. The lowest BCUT2D eigenvalue weighted by Gasteiger charge is -2.22. The molecule has 6 nitrogen and oxygen atoms in total. The lowest BCUT2D eigenvalue weighted by molar-refractivity contribution is 0.0950. The van der Waals surface area contributed by atoms with Crippen molar-refractivity contribution in [2.24, 2.45) is 0 Å². The number of ether oxygens (including phenoxy) is 1. The van der Waals surface area contributed by atoms with Gasteiger partial charge in [0, 0.05) is 25.2 Å². The molecule has 0 unspecified atom stereocenters. The van der Waals surface area contributed by atoms with Crippen LogP contribution in [0.5, 0.6) is 5.75 Å². The van der Waals surface area contributed by atoms with Crippen LogP contribution in [0.15, 0.2) is 59.2 Å². The summed E-state index contributed by atoms with van der Waals surface area (Å²) in [5, 5.41) is 2.70. The number of hydrogen-bond acceptors (Lipinski definition) is 5. The number of nitrogens with one attached hydrogen (secondary N) is 1. The fourth-order valence-corrected chi connectivity index (χ4v) is 3.02. The van der Waals surface area contributed by atoms with Crippen molar-refractivity contribution in [3.05, 3.63) is 83.3 Å². The molecule has 1 amide bonds. The summed E-state index contributed by atoms with van der Waals surface area (Å²) in [6.45, 7) is 3.87. The second kappa shape index (κ2) is 9.84. The van der Waals surface area contributed by atoms with Gasteiger partial charge in [-0.1, -0.05) is 30.3 Å². The van der Waals surface area contributed by atoms with E-state index in [0.29, 0.717) is 32.1 Å². The average molecular weight is 397 g/mol. The quantitative estimate of drug-likeness (QED) is 0.595. The molecular formula is C22H24FN3O3. The van der Waals surface area contributed by atoms with E-state index in [9.17, 15) is 9.18 Å². The van der Waals surface area contributed by atoms with Crippen LogP contribution in [-0.2, 0) is 19.6 Å². The first-order chi connectivity index (χ1) is 14.1. The lowest BCUT2D eigenvalue weighted by Crippen LogP contribution is -2.24. The summed E-state index contributed by atoms with van der Waals surface area (Å²) in [6.07, 6.45) is 1.36. The van der Waals surface area contributed by atoms with Gasteiger partial charge in [-0.05, 0) is 30.7 Å². The molecule has 0 radical (unpaired) electrons. The molecule has 3 aromatic rings. The van der Waals surface area contributed by atoms with Crippen molar-refractivity contribution in [3.63, 3.8) is 0 Å². The van der Waals surface area contributed by atoms with Crippen LogP contribution in [-0.4, -0.2) is 29.4 Å². The molecule has 0 fully saturated rings. The van der Waals surface area contributed by atoms with Crippen molar-refractivity contribution < 1.29 is 18.3 Å². The van der Waals surface area contributed by atoms with E-state index in [1.54, 1.807) is 19.2 Å². The van der Waals surface area contributed by atoms with Crippen molar-refractivity contribution in [1.29, 1.82) is 0 Å². The molecule has 1 N–H and O–H groups in total. The normalized spacial score (nSPS) is 10.9. The zero-order valence-corrected chi connectivity index (χ0v) is 16.5. The van der Waals surface area contributed by atoms with Crippen LogP contribution < -0.4 is 10.1 Å². The van der Waals surface area contributed by atoms with E-state index in [4.69, 9.17) is 9.15 Å². The van der Waals surface area contributed by atoms with Gasteiger partial charge in [-0.25, -0.2) is 9.37 Å². The molecule has 3 rings (SSSR count). The highest BCUT2D eigenvalue weighted by Gasteiger charge is 2.16. The first-order valence-corrected chi connectivity index (χ1v) is 9.40. The minimum atomic E-state index is -0.274. The largest absolute Gasteiger partial charge is 0.496 e. The molecule has 2 aromatic carbocycles. The molecule has 0 spiro atoms. The summed E-state index contributed by atoms with van der Waals surface area (Å²) in [6, 6.07) is 14.1. The summed E-state index contributed by atoms with van der Waals surface area (Å²) in [4.78, 5) is 18.3. The van der Waals surface area contributed by atoms with Crippen LogP contribution in [0.2, 0.25) is 0 Å². The average Bonchev–Trinajstić information content (AvgIpc) is 3.19. The highest BCUT2D eigenvalue weighted by atomic mass is 19.1. The number of hydrogen-bond donors (Lipinski definition) is 1. The molecule has 0 aliphatic rings. The summed E-state index contributed by atoms with van der Waals surface area (Å²) in [5.74, 6) is 0.678. The summed E-state index contributed by atoms with van der Waals surface area (Å²) in [5.41, 5.74) is 2.21. The van der Waals surface area contributed by atoms with E-state index in [2.05, 4.69) is 15.2 Å². The molecule has 0 saturated carbocycles. The van der Waals surface area contributed by atoms with Gasteiger partial charge in [0.05, 0.1) is 13.7 Å². The minimum absolute atomic E-state index is 0.251. The van der Waals surface area contributed by atoms with Crippen molar-refractivity contribution in [3.8, 4) is 5.75 Å². The van der Waals surface area contributed by atoms with Crippen molar-refractivity contribution >= 4 is 5.91 Å². The predicted molar refractivity (Wildman–Crippen MR) is 107 cm³/mol. The number of methoxy groups -OCH3 is 1. The predicted octanol–water partition coefficient (Wildman–Crippen LogP) is 3.77. The van der Waals surface area contributed by atoms with Gasteiger partial charge in [0.2, 0.25) is 5.89 Å². The molecule has 0 bridgehead atoms. The third kappa shape index (κ3) is 5.65. The maximum absolute atomic E-state index is 13.3. The number of carbonyl (C=O) groups excluding carboxylic acids is 1. The van der Waals surface area contributed by atoms with E-state index in [1.165, 1.54) is 18.4 Å². The zero-order chi connectivity index (χ0) is 20.6. The molecule has 0 aliphatic carbocycles. The first-order valence-electron chi connectivity index (χ1n) is 9.40. The maximum atomic E-state index is 13.3. The Bertz CT molecular complexity index is 940. The number of benzene rings is 2. The molecule has 7 heteroatoms. The van der Waals surface area contributed by atoms with Gasteiger partial charge in [0.15, 0.2) is 5.69 Å². The summed E-state index contributed by atoms with van der Waals surface area (Å²) >= 11 is 0. The Hall–Kier alpha value is -3.19. The minimum Gasteiger partial charge on any atom is -0.496 e. The Kier molecular flexibility index (Phi) is 6.97. The Balaban J connectivity index is 1.80. The van der Waals surface area contributed by atoms with Gasteiger partial charge in [0.25, 0.3) is 5.91 Å². The Morgan fingerprint density at radius 3 is 2.62 bits per heavy atom. The number of oxazole rings is 1. The van der Waals surface area contributed by atoms with Crippen LogP contribution in [0.25, 0.3) is 0 Å². The monoisotopic (exact) mass is 397 g/mol. The van der Waals surface area contributed by atoms with Crippen molar-refractivity contribution in [2.45, 2.75) is 26.6 Å². The van der Waals surface area contributed by atoms with Gasteiger partial charge < -0.3 is 14.5 Å². The fraction of sp³-hybridized carbons (Fsp3) is 0.273. The third-order valence-corrected chi connectivity index (χ3v) is 4.39. The van der Waals surface area contributed by atoms with Gasteiger partial charge in [-0.2, -0.15) is 0 Å². The van der Waals surface area contributed by atoms with Crippen LogP contribution in [0.1, 0.15) is 34.4 Å². The van der Waals surface area contributed by atoms with Crippen LogP contribution in [0.3, 0.4) is 0 Å². The number of amides is 1. The van der Waals surface area contributed by atoms with E-state index in [-0.39, 0.29) is 17.4 Å². The standard InChI is InChI=1S/C22H24FN3O3/c1-3-24-22(27)19-15-29-21(25-19)14-26(12-16-8-10-18(23)11-9-16)13-17-6-4-5-7-20(17)28-2/h4-11,15H,3,12-14H2,1-2H3,(H,24,27). The molecule has 0 aliphatic heterocycles.